The molecule has 7 nitrogen and oxygen atoms in total. The number of methoxy groups -OCH3 is 1. The van der Waals surface area contributed by atoms with Crippen molar-refractivity contribution in [1.82, 2.24) is 10.7 Å². The van der Waals surface area contributed by atoms with E-state index in [1.54, 1.807) is 30.4 Å². The molecule has 0 aliphatic carbocycles. The number of benzene rings is 2. The van der Waals surface area contributed by atoms with Crippen molar-refractivity contribution in [1.29, 1.82) is 0 Å². The molecule has 4 N–H and O–H groups in total. The Morgan fingerprint density at radius 3 is 2.62 bits per heavy atom. The third-order valence-electron chi connectivity index (χ3n) is 3.51. The van der Waals surface area contributed by atoms with Crippen LogP contribution in [0.2, 0.25) is 0 Å². The zero-order valence-electron chi connectivity index (χ0n) is 14.4. The van der Waals surface area contributed by atoms with Gasteiger partial charge in [0.15, 0.2) is 0 Å². The normalized spacial score (nSPS) is 10.4. The van der Waals surface area contributed by atoms with Gasteiger partial charge in [-0.3, -0.25) is 10.2 Å². The summed E-state index contributed by atoms with van der Waals surface area (Å²) >= 11 is 0. The van der Waals surface area contributed by atoms with Gasteiger partial charge in [-0.2, -0.15) is 0 Å². The number of nitrogen functional groups attached to an aromatic ring is 1. The van der Waals surface area contributed by atoms with E-state index in [0.29, 0.717) is 16.9 Å². The molecule has 0 saturated carbocycles. The Bertz CT molecular complexity index is 776. The average molecular weight is 355 g/mol. The molecule has 7 heteroatoms. The molecule has 2 aromatic rings. The minimum absolute atomic E-state index is 0.204. The Balaban J connectivity index is 1.88. The van der Waals surface area contributed by atoms with Crippen LogP contribution in [0.5, 0.6) is 5.75 Å². The molecule has 0 bridgehead atoms. The summed E-state index contributed by atoms with van der Waals surface area (Å²) in [6.45, 7) is 0.457. The van der Waals surface area contributed by atoms with Gasteiger partial charge in [-0.15, -0.1) is 0 Å². The summed E-state index contributed by atoms with van der Waals surface area (Å²) in [6, 6.07) is 14.5. The number of amides is 2. The summed E-state index contributed by atoms with van der Waals surface area (Å²) in [6.07, 6.45) is 2.90. The maximum absolute atomic E-state index is 11.8. The summed E-state index contributed by atoms with van der Waals surface area (Å²) in [4.78, 5) is 23.5. The van der Waals surface area contributed by atoms with Gasteiger partial charge in [0.25, 0.3) is 5.91 Å². The predicted molar refractivity (Wildman–Crippen MR) is 98.3 cm³/mol. The highest BCUT2D eigenvalue weighted by molar-refractivity contribution is 5.97. The highest BCUT2D eigenvalue weighted by atomic mass is 16.5. The molecular weight excluding hydrogens is 334 g/mol. The average Bonchev–Trinajstić information content (AvgIpc) is 2.69. The highest BCUT2D eigenvalue weighted by Gasteiger charge is 2.10. The van der Waals surface area contributed by atoms with Crippen molar-refractivity contribution >= 4 is 18.1 Å². The number of ether oxygens (including phenoxy) is 2. The molecule has 0 radical (unpaired) electrons. The van der Waals surface area contributed by atoms with Crippen LogP contribution in [0.3, 0.4) is 0 Å². The van der Waals surface area contributed by atoms with Crippen LogP contribution in [0, 0.1) is 0 Å². The van der Waals surface area contributed by atoms with E-state index in [2.05, 4.69) is 10.7 Å². The van der Waals surface area contributed by atoms with Crippen molar-refractivity contribution in [3.05, 3.63) is 71.3 Å². The SMILES string of the molecule is COc1ccc(C=CCNC(=O)OCc2ccccc2)c(C(=O)NN)c1. The standard InChI is InChI=1S/C19H21N3O4/c1-25-16-10-9-15(17(12-16)18(23)22-20)8-5-11-21-19(24)26-13-14-6-3-2-4-7-14/h2-10,12H,11,13,20H2,1H3,(H,21,24)(H,22,23). The fraction of sp³-hybridized carbons (Fsp3) is 0.158. The lowest BCUT2D eigenvalue weighted by Crippen LogP contribution is -2.30. The fourth-order valence-corrected chi connectivity index (χ4v) is 2.18. The molecule has 2 aromatic carbocycles. The Morgan fingerprint density at radius 1 is 1.15 bits per heavy atom. The largest absolute Gasteiger partial charge is 0.497 e. The summed E-state index contributed by atoms with van der Waals surface area (Å²) in [5.74, 6) is 5.32. The lowest BCUT2D eigenvalue weighted by molar-refractivity contribution is 0.0953. The van der Waals surface area contributed by atoms with Crippen LogP contribution in [-0.2, 0) is 11.3 Å². The molecule has 0 saturated heterocycles. The monoisotopic (exact) mass is 355 g/mol. The van der Waals surface area contributed by atoms with Gasteiger partial charge in [-0.1, -0.05) is 48.6 Å². The van der Waals surface area contributed by atoms with E-state index in [4.69, 9.17) is 15.3 Å². The maximum Gasteiger partial charge on any atom is 0.407 e. The van der Waals surface area contributed by atoms with E-state index < -0.39 is 12.0 Å². The van der Waals surface area contributed by atoms with E-state index in [1.807, 2.05) is 30.3 Å². The van der Waals surface area contributed by atoms with Gasteiger partial charge < -0.3 is 14.8 Å². The number of carbonyl (C=O) groups is 2. The first-order chi connectivity index (χ1) is 12.6. The number of hydrogen-bond donors (Lipinski definition) is 3. The molecule has 0 fully saturated rings. The van der Waals surface area contributed by atoms with E-state index in [-0.39, 0.29) is 13.2 Å². The molecule has 136 valence electrons. The second-order valence-corrected chi connectivity index (χ2v) is 5.27. The molecule has 2 amide bonds. The first kappa shape index (κ1) is 19.0. The van der Waals surface area contributed by atoms with Crippen LogP contribution in [0.4, 0.5) is 4.79 Å². The lowest BCUT2D eigenvalue weighted by Gasteiger charge is -2.08. The highest BCUT2D eigenvalue weighted by Crippen LogP contribution is 2.18. The number of hydrazine groups is 1. The second kappa shape index (κ2) is 9.85. The molecule has 0 aliphatic heterocycles. The van der Waals surface area contributed by atoms with Gasteiger partial charge >= 0.3 is 6.09 Å². The van der Waals surface area contributed by atoms with Gasteiger partial charge in [0.05, 0.1) is 12.7 Å². The Kier molecular flexibility index (Phi) is 7.20. The molecule has 0 heterocycles. The zero-order chi connectivity index (χ0) is 18.8. The molecule has 2 rings (SSSR count). The van der Waals surface area contributed by atoms with Crippen LogP contribution in [0.1, 0.15) is 21.5 Å². The molecule has 0 spiro atoms. The van der Waals surface area contributed by atoms with E-state index >= 15 is 0 Å². The van der Waals surface area contributed by atoms with Crippen LogP contribution in [0.25, 0.3) is 6.08 Å². The van der Waals surface area contributed by atoms with Crippen molar-refractivity contribution in [2.45, 2.75) is 6.61 Å². The van der Waals surface area contributed by atoms with E-state index in [0.717, 1.165) is 5.56 Å². The molecule has 0 unspecified atom stereocenters. The number of nitrogens with two attached hydrogens (primary N) is 1. The first-order valence-electron chi connectivity index (χ1n) is 7.94. The van der Waals surface area contributed by atoms with Gasteiger partial charge in [0.1, 0.15) is 12.4 Å². The van der Waals surface area contributed by atoms with Crippen molar-refractivity contribution in [3.63, 3.8) is 0 Å². The van der Waals surface area contributed by atoms with Crippen LogP contribution < -0.4 is 21.3 Å². The number of nitrogens with one attached hydrogen (secondary N) is 2. The molecular formula is C19H21N3O4. The van der Waals surface area contributed by atoms with Crippen molar-refractivity contribution in [2.24, 2.45) is 5.84 Å². The van der Waals surface area contributed by atoms with Crippen LogP contribution in [0.15, 0.2) is 54.6 Å². The lowest BCUT2D eigenvalue weighted by atomic mass is 10.1. The van der Waals surface area contributed by atoms with E-state index in [9.17, 15) is 9.59 Å². The third-order valence-corrected chi connectivity index (χ3v) is 3.51. The quantitative estimate of drug-likeness (QED) is 0.401. The van der Waals surface area contributed by atoms with Gasteiger partial charge in [-0.05, 0) is 23.3 Å². The molecule has 0 aromatic heterocycles. The molecule has 0 aliphatic rings. The summed E-state index contributed by atoms with van der Waals surface area (Å²) in [5.41, 5.74) is 4.02. The third kappa shape index (κ3) is 5.64. The second-order valence-electron chi connectivity index (χ2n) is 5.27. The molecule has 26 heavy (non-hydrogen) atoms. The van der Waals surface area contributed by atoms with Crippen LogP contribution in [-0.4, -0.2) is 25.7 Å². The fourth-order valence-electron chi connectivity index (χ4n) is 2.18. The minimum atomic E-state index is -0.520. The topological polar surface area (TPSA) is 103 Å². The van der Waals surface area contributed by atoms with Crippen molar-refractivity contribution in [3.8, 4) is 5.75 Å². The summed E-state index contributed by atoms with van der Waals surface area (Å²) in [5, 5.41) is 2.61. The van der Waals surface area contributed by atoms with Crippen molar-refractivity contribution < 1.29 is 19.1 Å². The van der Waals surface area contributed by atoms with Gasteiger partial charge in [0, 0.05) is 6.54 Å². The maximum atomic E-state index is 11.8. The van der Waals surface area contributed by atoms with Gasteiger partial charge in [0.2, 0.25) is 0 Å². The van der Waals surface area contributed by atoms with Crippen molar-refractivity contribution in [2.75, 3.05) is 13.7 Å². The number of hydrogen-bond acceptors (Lipinski definition) is 5. The Morgan fingerprint density at radius 2 is 1.92 bits per heavy atom. The Hall–Kier alpha value is -3.32. The smallest absolute Gasteiger partial charge is 0.407 e. The number of rotatable bonds is 7. The zero-order valence-corrected chi connectivity index (χ0v) is 14.4. The summed E-state index contributed by atoms with van der Waals surface area (Å²) < 4.78 is 10.2. The number of carbonyl (C=O) groups excluding carboxylic acids is 2. The van der Waals surface area contributed by atoms with E-state index in [1.165, 1.54) is 7.11 Å². The number of alkyl carbamates (subject to hydrolysis) is 1. The Labute approximate surface area is 151 Å². The van der Waals surface area contributed by atoms with Crippen LogP contribution >= 0.6 is 0 Å². The summed E-state index contributed by atoms with van der Waals surface area (Å²) in [7, 11) is 1.51. The van der Waals surface area contributed by atoms with Gasteiger partial charge in [-0.25, -0.2) is 10.6 Å². The predicted octanol–water partition coefficient (Wildman–Crippen LogP) is 2.24. The minimum Gasteiger partial charge on any atom is -0.497 e. The first-order valence-corrected chi connectivity index (χ1v) is 7.94. The molecule has 0 atom stereocenters.